The maximum atomic E-state index is 12.7. The Morgan fingerprint density at radius 3 is 1.58 bits per heavy atom. The van der Waals surface area contributed by atoms with Crippen molar-refractivity contribution in [2.24, 2.45) is 0 Å². The van der Waals surface area contributed by atoms with Gasteiger partial charge in [-0.15, -0.1) is 0 Å². The summed E-state index contributed by atoms with van der Waals surface area (Å²) in [7, 11) is 2.05. The second-order valence-corrected chi connectivity index (χ2v) is 8.82. The first kappa shape index (κ1) is 23.4. The number of benzene rings is 2. The highest BCUT2D eigenvalue weighted by atomic mass is 16.5. The molecule has 2 saturated heterocycles. The smallest absolute Gasteiger partial charge is 0.248 e. The molecule has 0 aliphatic carbocycles. The van der Waals surface area contributed by atoms with Crippen molar-refractivity contribution < 1.29 is 14.3 Å². The van der Waals surface area contributed by atoms with Crippen LogP contribution in [0.2, 0.25) is 0 Å². The molecule has 2 aromatic carbocycles. The van der Waals surface area contributed by atoms with Gasteiger partial charge in [-0.05, 0) is 18.2 Å². The molecule has 0 spiro atoms. The molecule has 33 heavy (non-hydrogen) atoms. The van der Waals surface area contributed by atoms with E-state index >= 15 is 0 Å². The van der Waals surface area contributed by atoms with E-state index in [2.05, 4.69) is 65.4 Å². The van der Waals surface area contributed by atoms with Gasteiger partial charge < -0.3 is 19.4 Å². The lowest BCUT2D eigenvalue weighted by Gasteiger charge is -2.39. The van der Waals surface area contributed by atoms with Crippen LogP contribution >= 0.6 is 0 Å². The Labute approximate surface area is 196 Å². The van der Waals surface area contributed by atoms with Crippen LogP contribution in [0.4, 0.5) is 0 Å². The molecule has 7 nitrogen and oxygen atoms in total. The zero-order valence-electron chi connectivity index (χ0n) is 19.4. The molecule has 0 N–H and O–H groups in total. The van der Waals surface area contributed by atoms with Gasteiger partial charge in [0.1, 0.15) is 13.2 Å². The predicted octanol–water partition coefficient (Wildman–Crippen LogP) is 1.71. The van der Waals surface area contributed by atoms with Crippen LogP contribution in [-0.4, -0.2) is 104 Å². The molecule has 7 heteroatoms. The Bertz CT molecular complexity index is 853. The second-order valence-electron chi connectivity index (χ2n) is 8.82. The summed E-state index contributed by atoms with van der Waals surface area (Å²) in [6.45, 7) is 6.02. The SMILES string of the molecule is CN1CCN(C(=O)COCC(=O)N2CCN(C(c3ccccc3)c3ccccc3)CC2)CC1. The molecule has 0 atom stereocenters. The number of carbonyl (C=O) groups excluding carboxylic acids is 2. The average Bonchev–Trinajstić information content (AvgIpc) is 2.86. The number of carbonyl (C=O) groups is 2. The van der Waals surface area contributed by atoms with Crippen molar-refractivity contribution in [3.05, 3.63) is 71.8 Å². The van der Waals surface area contributed by atoms with Crippen molar-refractivity contribution in [2.45, 2.75) is 6.04 Å². The Hall–Kier alpha value is -2.74. The van der Waals surface area contributed by atoms with Gasteiger partial charge in [0.2, 0.25) is 11.8 Å². The Kier molecular flexibility index (Phi) is 8.10. The van der Waals surface area contributed by atoms with Gasteiger partial charge in [0, 0.05) is 52.4 Å². The summed E-state index contributed by atoms with van der Waals surface area (Å²) >= 11 is 0. The minimum absolute atomic E-state index is 0.0283. The van der Waals surface area contributed by atoms with Gasteiger partial charge in [-0.25, -0.2) is 0 Å². The number of ether oxygens (including phenoxy) is 1. The number of hydrogen-bond acceptors (Lipinski definition) is 5. The van der Waals surface area contributed by atoms with Crippen molar-refractivity contribution in [1.82, 2.24) is 19.6 Å². The summed E-state index contributed by atoms with van der Waals surface area (Å²) in [4.78, 5) is 33.3. The average molecular weight is 451 g/mol. The van der Waals surface area contributed by atoms with E-state index in [-0.39, 0.29) is 31.1 Å². The van der Waals surface area contributed by atoms with Crippen LogP contribution in [0.5, 0.6) is 0 Å². The first-order chi connectivity index (χ1) is 16.1. The normalized spacial score (nSPS) is 18.0. The monoisotopic (exact) mass is 450 g/mol. The lowest BCUT2D eigenvalue weighted by atomic mass is 9.96. The molecule has 4 rings (SSSR count). The largest absolute Gasteiger partial charge is 0.362 e. The number of piperazine rings is 2. The third-order valence-corrected chi connectivity index (χ3v) is 6.57. The minimum atomic E-state index is -0.0446. The van der Waals surface area contributed by atoms with Gasteiger partial charge in [-0.1, -0.05) is 60.7 Å². The molecule has 2 amide bonds. The Morgan fingerprint density at radius 2 is 1.12 bits per heavy atom. The first-order valence-corrected chi connectivity index (χ1v) is 11.8. The van der Waals surface area contributed by atoms with Crippen molar-refractivity contribution >= 4 is 11.8 Å². The van der Waals surface area contributed by atoms with Crippen molar-refractivity contribution in [3.63, 3.8) is 0 Å². The van der Waals surface area contributed by atoms with Crippen LogP contribution in [0.25, 0.3) is 0 Å². The van der Waals surface area contributed by atoms with Crippen LogP contribution in [0, 0.1) is 0 Å². The Balaban J connectivity index is 1.27. The summed E-state index contributed by atoms with van der Waals surface area (Å²) in [5.41, 5.74) is 2.52. The van der Waals surface area contributed by atoms with Crippen molar-refractivity contribution in [1.29, 1.82) is 0 Å². The van der Waals surface area contributed by atoms with Crippen LogP contribution in [0.1, 0.15) is 17.2 Å². The fraction of sp³-hybridized carbons (Fsp3) is 0.462. The van der Waals surface area contributed by atoms with E-state index in [9.17, 15) is 9.59 Å². The van der Waals surface area contributed by atoms with Crippen LogP contribution in [0.15, 0.2) is 60.7 Å². The molecule has 2 aliphatic heterocycles. The topological polar surface area (TPSA) is 56.3 Å². The fourth-order valence-corrected chi connectivity index (χ4v) is 4.58. The van der Waals surface area contributed by atoms with Gasteiger partial charge >= 0.3 is 0 Å². The molecule has 0 unspecified atom stereocenters. The zero-order chi connectivity index (χ0) is 23.0. The van der Waals surface area contributed by atoms with Crippen LogP contribution in [0.3, 0.4) is 0 Å². The maximum absolute atomic E-state index is 12.7. The van der Waals surface area contributed by atoms with E-state index in [0.29, 0.717) is 13.1 Å². The number of rotatable bonds is 7. The van der Waals surface area contributed by atoms with E-state index in [1.54, 1.807) is 0 Å². The van der Waals surface area contributed by atoms with Gasteiger partial charge in [-0.3, -0.25) is 14.5 Å². The lowest BCUT2D eigenvalue weighted by molar-refractivity contribution is -0.143. The number of nitrogens with zero attached hydrogens (tertiary/aromatic N) is 4. The molecule has 2 fully saturated rings. The number of likely N-dealkylation sites (N-methyl/N-ethyl adjacent to an activating group) is 1. The fourth-order valence-electron chi connectivity index (χ4n) is 4.58. The molecule has 0 bridgehead atoms. The zero-order valence-corrected chi connectivity index (χ0v) is 19.4. The quantitative estimate of drug-likeness (QED) is 0.643. The van der Waals surface area contributed by atoms with Crippen molar-refractivity contribution in [2.75, 3.05) is 72.6 Å². The predicted molar refractivity (Wildman–Crippen MR) is 128 cm³/mol. The summed E-state index contributed by atoms with van der Waals surface area (Å²) in [6.07, 6.45) is 0. The van der Waals surface area contributed by atoms with E-state index in [4.69, 9.17) is 4.74 Å². The summed E-state index contributed by atoms with van der Waals surface area (Å²) in [5.74, 6) is -0.0777. The molecule has 176 valence electrons. The van der Waals surface area contributed by atoms with Gasteiger partial charge in [0.15, 0.2) is 0 Å². The first-order valence-electron chi connectivity index (χ1n) is 11.8. The highest BCUT2D eigenvalue weighted by Gasteiger charge is 2.28. The molecular weight excluding hydrogens is 416 g/mol. The van der Waals surface area contributed by atoms with Gasteiger partial charge in [-0.2, -0.15) is 0 Å². The molecule has 0 aromatic heterocycles. The highest BCUT2D eigenvalue weighted by molar-refractivity contribution is 5.80. The summed E-state index contributed by atoms with van der Waals surface area (Å²) in [6, 6.07) is 21.2. The summed E-state index contributed by atoms with van der Waals surface area (Å²) < 4.78 is 5.49. The maximum Gasteiger partial charge on any atom is 0.248 e. The standard InChI is InChI=1S/C26H34N4O3/c1-27-12-14-28(15-13-27)24(31)20-33-21-25(32)29-16-18-30(19-17-29)26(22-8-4-2-5-9-22)23-10-6-3-7-11-23/h2-11,26H,12-21H2,1H3. The lowest BCUT2D eigenvalue weighted by Crippen LogP contribution is -2.51. The molecule has 2 aliphatic rings. The minimum Gasteiger partial charge on any atom is -0.362 e. The van der Waals surface area contributed by atoms with Crippen LogP contribution in [-0.2, 0) is 14.3 Å². The highest BCUT2D eigenvalue weighted by Crippen LogP contribution is 2.29. The van der Waals surface area contributed by atoms with Crippen LogP contribution < -0.4 is 0 Å². The van der Waals surface area contributed by atoms with E-state index in [1.807, 2.05) is 21.9 Å². The molecule has 0 radical (unpaired) electrons. The Morgan fingerprint density at radius 1 is 0.697 bits per heavy atom. The number of amides is 2. The van der Waals surface area contributed by atoms with Crippen molar-refractivity contribution in [3.8, 4) is 0 Å². The number of hydrogen-bond donors (Lipinski definition) is 0. The third kappa shape index (κ3) is 6.19. The van der Waals surface area contributed by atoms with Gasteiger partial charge in [0.25, 0.3) is 0 Å². The van der Waals surface area contributed by atoms with E-state index in [0.717, 1.165) is 39.3 Å². The van der Waals surface area contributed by atoms with Gasteiger partial charge in [0.05, 0.1) is 6.04 Å². The second kappa shape index (κ2) is 11.4. The molecular formula is C26H34N4O3. The molecule has 2 aromatic rings. The third-order valence-electron chi connectivity index (χ3n) is 6.57. The van der Waals surface area contributed by atoms with E-state index in [1.165, 1.54) is 11.1 Å². The van der Waals surface area contributed by atoms with E-state index < -0.39 is 0 Å². The summed E-state index contributed by atoms with van der Waals surface area (Å²) in [5, 5.41) is 0. The molecule has 2 heterocycles. The molecule has 0 saturated carbocycles.